The summed E-state index contributed by atoms with van der Waals surface area (Å²) in [5.74, 6) is -2.12. The molecule has 1 aromatic rings. The molecule has 0 unspecified atom stereocenters. The molecule has 1 aliphatic rings. The van der Waals surface area contributed by atoms with Crippen LogP contribution < -0.4 is 10.1 Å². The molecule has 0 atom stereocenters. The van der Waals surface area contributed by atoms with Crippen molar-refractivity contribution in [1.82, 2.24) is 10.2 Å². The van der Waals surface area contributed by atoms with Crippen molar-refractivity contribution in [1.29, 1.82) is 0 Å². The van der Waals surface area contributed by atoms with E-state index in [0.717, 1.165) is 0 Å². The molecule has 0 spiro atoms. The van der Waals surface area contributed by atoms with Crippen LogP contribution in [0.25, 0.3) is 6.08 Å². The van der Waals surface area contributed by atoms with Gasteiger partial charge in [0.15, 0.2) is 6.61 Å². The number of hydrogen-bond acceptors (Lipinski definition) is 6. The van der Waals surface area contributed by atoms with Gasteiger partial charge in [-0.05, 0) is 46.6 Å². The lowest BCUT2D eigenvalue weighted by atomic mass is 10.2. The van der Waals surface area contributed by atoms with Crippen LogP contribution in [-0.2, 0) is 19.1 Å². The smallest absolute Gasteiger partial charge is 0.344 e. The number of nitrogens with zero attached hydrogens (tertiary/aromatic N) is 1. The lowest BCUT2D eigenvalue weighted by Crippen LogP contribution is -2.35. The molecule has 9 nitrogen and oxygen atoms in total. The third kappa shape index (κ3) is 4.82. The SMILES string of the molecule is CCOC(=O)COc1ccc(/C=C2/NC(=O)N(CC(=O)O)C2=O)cc1Br. The predicted octanol–water partition coefficient (Wildman–Crippen LogP) is 1.37. The van der Waals surface area contributed by atoms with Gasteiger partial charge in [-0.15, -0.1) is 0 Å². The second kappa shape index (κ2) is 8.48. The summed E-state index contributed by atoms with van der Waals surface area (Å²) in [7, 11) is 0. The van der Waals surface area contributed by atoms with Crippen LogP contribution in [0.1, 0.15) is 12.5 Å². The Bertz CT molecular complexity index is 791. The Morgan fingerprint density at radius 2 is 2.08 bits per heavy atom. The average molecular weight is 427 g/mol. The fraction of sp³-hybridized carbons (Fsp3) is 0.250. The minimum Gasteiger partial charge on any atom is -0.481 e. The number of urea groups is 1. The molecular weight excluding hydrogens is 412 g/mol. The topological polar surface area (TPSA) is 122 Å². The highest BCUT2D eigenvalue weighted by Crippen LogP contribution is 2.27. The molecule has 1 aliphatic heterocycles. The van der Waals surface area contributed by atoms with E-state index in [4.69, 9.17) is 14.6 Å². The number of carboxylic acid groups (broad SMARTS) is 1. The number of aliphatic carboxylic acids is 1. The molecule has 1 aromatic carbocycles. The van der Waals surface area contributed by atoms with Gasteiger partial charge in [0, 0.05) is 0 Å². The van der Waals surface area contributed by atoms with Crippen molar-refractivity contribution in [3.63, 3.8) is 0 Å². The minimum atomic E-state index is -1.29. The van der Waals surface area contributed by atoms with Crippen molar-refractivity contribution >= 4 is 45.9 Å². The number of carbonyl (C=O) groups is 4. The van der Waals surface area contributed by atoms with Crippen LogP contribution in [0.2, 0.25) is 0 Å². The number of carboxylic acids is 1. The number of ether oxygens (including phenoxy) is 2. The first kappa shape index (κ1) is 19.4. The van der Waals surface area contributed by atoms with Crippen LogP contribution in [0.5, 0.6) is 5.75 Å². The van der Waals surface area contributed by atoms with Crippen molar-refractivity contribution in [2.24, 2.45) is 0 Å². The van der Waals surface area contributed by atoms with Gasteiger partial charge in [0.05, 0.1) is 11.1 Å². The number of esters is 1. The van der Waals surface area contributed by atoms with E-state index in [-0.39, 0.29) is 18.9 Å². The van der Waals surface area contributed by atoms with Crippen molar-refractivity contribution in [3.8, 4) is 5.75 Å². The van der Waals surface area contributed by atoms with Crippen molar-refractivity contribution in [2.45, 2.75) is 6.92 Å². The fourth-order valence-electron chi connectivity index (χ4n) is 2.08. The monoisotopic (exact) mass is 426 g/mol. The summed E-state index contributed by atoms with van der Waals surface area (Å²) in [6.45, 7) is 0.989. The van der Waals surface area contributed by atoms with E-state index in [0.29, 0.717) is 20.7 Å². The van der Waals surface area contributed by atoms with Crippen molar-refractivity contribution < 1.29 is 33.8 Å². The maximum absolute atomic E-state index is 12.1. The maximum Gasteiger partial charge on any atom is 0.344 e. The molecule has 0 aliphatic carbocycles. The lowest BCUT2D eigenvalue weighted by Gasteiger charge is -2.08. The molecular formula is C16H15BrN2O7. The molecule has 3 amide bonds. The van der Waals surface area contributed by atoms with Crippen LogP contribution in [-0.4, -0.2) is 53.6 Å². The number of rotatable bonds is 7. The standard InChI is InChI=1S/C16H15BrN2O7/c1-2-25-14(22)8-26-12-4-3-9(5-10(12)17)6-11-15(23)19(7-13(20)21)16(24)18-11/h3-6H,2,7-8H2,1H3,(H,18,24)(H,20,21)/b11-6+. The third-order valence-electron chi connectivity index (χ3n) is 3.17. The molecule has 2 N–H and O–H groups in total. The Labute approximate surface area is 156 Å². The molecule has 138 valence electrons. The summed E-state index contributed by atoms with van der Waals surface area (Å²) in [4.78, 5) is 46.3. The zero-order chi connectivity index (χ0) is 19.3. The first-order valence-corrected chi connectivity index (χ1v) is 8.25. The van der Waals surface area contributed by atoms with Crippen LogP contribution in [0.4, 0.5) is 4.79 Å². The van der Waals surface area contributed by atoms with Crippen LogP contribution in [0, 0.1) is 0 Å². The van der Waals surface area contributed by atoms with Gasteiger partial charge in [-0.25, -0.2) is 14.5 Å². The first-order valence-electron chi connectivity index (χ1n) is 7.46. The zero-order valence-electron chi connectivity index (χ0n) is 13.7. The lowest BCUT2D eigenvalue weighted by molar-refractivity contribution is -0.145. The molecule has 1 heterocycles. The highest BCUT2D eigenvalue weighted by atomic mass is 79.9. The number of hydrogen-bond donors (Lipinski definition) is 2. The largest absolute Gasteiger partial charge is 0.481 e. The van der Waals surface area contributed by atoms with Crippen LogP contribution in [0.15, 0.2) is 28.4 Å². The number of halogens is 1. The second-order valence-electron chi connectivity index (χ2n) is 5.06. The van der Waals surface area contributed by atoms with E-state index >= 15 is 0 Å². The summed E-state index contributed by atoms with van der Waals surface area (Å²) in [6, 6.07) is 4.01. The average Bonchev–Trinajstić information content (AvgIpc) is 2.81. The van der Waals surface area contributed by atoms with Gasteiger partial charge < -0.3 is 19.9 Å². The third-order valence-corrected chi connectivity index (χ3v) is 3.79. The van der Waals surface area contributed by atoms with Gasteiger partial charge in [-0.2, -0.15) is 0 Å². The second-order valence-corrected chi connectivity index (χ2v) is 5.91. The number of amides is 3. The summed E-state index contributed by atoms with van der Waals surface area (Å²) in [5, 5.41) is 11.1. The normalized spacial score (nSPS) is 15.2. The summed E-state index contributed by atoms with van der Waals surface area (Å²) < 4.78 is 10.6. The van der Waals surface area contributed by atoms with Gasteiger partial charge in [-0.1, -0.05) is 6.07 Å². The van der Waals surface area contributed by atoms with E-state index in [2.05, 4.69) is 21.2 Å². The number of nitrogens with one attached hydrogen (secondary N) is 1. The maximum atomic E-state index is 12.1. The molecule has 10 heteroatoms. The van der Waals surface area contributed by atoms with Gasteiger partial charge in [0.2, 0.25) is 0 Å². The van der Waals surface area contributed by atoms with Crippen LogP contribution in [0.3, 0.4) is 0 Å². The Morgan fingerprint density at radius 3 is 2.69 bits per heavy atom. The van der Waals surface area contributed by atoms with E-state index in [9.17, 15) is 19.2 Å². The first-order chi connectivity index (χ1) is 12.3. The van der Waals surface area contributed by atoms with Gasteiger partial charge >= 0.3 is 18.0 Å². The van der Waals surface area contributed by atoms with Crippen molar-refractivity contribution in [3.05, 3.63) is 33.9 Å². The van der Waals surface area contributed by atoms with E-state index in [1.165, 1.54) is 6.08 Å². The van der Waals surface area contributed by atoms with Gasteiger partial charge in [0.1, 0.15) is 18.0 Å². The molecule has 26 heavy (non-hydrogen) atoms. The predicted molar refractivity (Wildman–Crippen MR) is 92.1 cm³/mol. The molecule has 1 saturated heterocycles. The van der Waals surface area contributed by atoms with E-state index in [1.54, 1.807) is 25.1 Å². The summed E-state index contributed by atoms with van der Waals surface area (Å²) in [5.41, 5.74) is 0.518. The number of imide groups is 1. The number of benzene rings is 1. The molecule has 1 fully saturated rings. The zero-order valence-corrected chi connectivity index (χ0v) is 15.2. The molecule has 0 saturated carbocycles. The quantitative estimate of drug-likeness (QED) is 0.383. The Kier molecular flexibility index (Phi) is 6.34. The molecule has 0 aromatic heterocycles. The minimum absolute atomic E-state index is 0.0386. The Morgan fingerprint density at radius 1 is 1.35 bits per heavy atom. The molecule has 0 radical (unpaired) electrons. The molecule has 2 rings (SSSR count). The Hall–Kier alpha value is -2.88. The highest BCUT2D eigenvalue weighted by Gasteiger charge is 2.34. The summed E-state index contributed by atoms with van der Waals surface area (Å²) in [6.07, 6.45) is 1.40. The fourth-order valence-corrected chi connectivity index (χ4v) is 2.59. The highest BCUT2D eigenvalue weighted by molar-refractivity contribution is 9.10. The number of carbonyl (C=O) groups excluding carboxylic acids is 3. The van der Waals surface area contributed by atoms with Gasteiger partial charge in [-0.3, -0.25) is 9.59 Å². The van der Waals surface area contributed by atoms with E-state index in [1.807, 2.05) is 0 Å². The van der Waals surface area contributed by atoms with Crippen LogP contribution >= 0.6 is 15.9 Å². The molecule has 0 bridgehead atoms. The van der Waals surface area contributed by atoms with Gasteiger partial charge in [0.25, 0.3) is 5.91 Å². The van der Waals surface area contributed by atoms with Crippen molar-refractivity contribution in [2.75, 3.05) is 19.8 Å². The Balaban J connectivity index is 2.10. The van der Waals surface area contributed by atoms with E-state index < -0.39 is 30.4 Å². The summed E-state index contributed by atoms with van der Waals surface area (Å²) >= 11 is 3.29.